The third-order valence-electron chi connectivity index (χ3n) is 3.75. The van der Waals surface area contributed by atoms with E-state index in [2.05, 4.69) is 15.6 Å². The van der Waals surface area contributed by atoms with Crippen molar-refractivity contribution in [1.29, 1.82) is 0 Å². The number of nitrogens with zero attached hydrogens (tertiary/aromatic N) is 1. The van der Waals surface area contributed by atoms with Gasteiger partial charge in [-0.1, -0.05) is 13.8 Å². The van der Waals surface area contributed by atoms with E-state index < -0.39 is 29.6 Å². The van der Waals surface area contributed by atoms with Gasteiger partial charge in [-0.05, 0) is 37.1 Å². The van der Waals surface area contributed by atoms with Gasteiger partial charge in [-0.3, -0.25) is 14.4 Å². The number of hydrogen-bond donors (Lipinski definition) is 2. The fourth-order valence-electron chi connectivity index (χ4n) is 2.35. The van der Waals surface area contributed by atoms with Gasteiger partial charge in [0, 0.05) is 10.9 Å². The molecular formula is C19H22FN3O4S. The van der Waals surface area contributed by atoms with Crippen molar-refractivity contribution >= 4 is 34.3 Å². The van der Waals surface area contributed by atoms with Crippen molar-refractivity contribution in [2.45, 2.75) is 33.2 Å². The molecule has 0 saturated carbocycles. The number of nitrogens with one attached hydrogen (secondary N) is 2. The molecule has 1 aromatic carbocycles. The highest BCUT2D eigenvalue weighted by atomic mass is 32.1. The van der Waals surface area contributed by atoms with Crippen LogP contribution < -0.4 is 10.6 Å². The molecular weight excluding hydrogens is 385 g/mol. The fourth-order valence-corrected chi connectivity index (χ4v) is 3.06. The van der Waals surface area contributed by atoms with Crippen LogP contribution in [0.4, 0.5) is 9.52 Å². The van der Waals surface area contributed by atoms with Crippen LogP contribution in [-0.4, -0.2) is 35.4 Å². The number of carbonyl (C=O) groups excluding carboxylic acids is 3. The molecule has 0 fully saturated rings. The summed E-state index contributed by atoms with van der Waals surface area (Å²) < 4.78 is 17.9. The molecule has 2 aromatic rings. The van der Waals surface area contributed by atoms with E-state index in [-0.39, 0.29) is 24.5 Å². The molecule has 2 N–H and O–H groups in total. The largest absolute Gasteiger partial charge is 0.466 e. The average Bonchev–Trinajstić information content (AvgIpc) is 3.06. The molecule has 1 aromatic heterocycles. The van der Waals surface area contributed by atoms with Crippen LogP contribution in [-0.2, 0) is 20.7 Å². The van der Waals surface area contributed by atoms with Crippen molar-refractivity contribution in [2.75, 3.05) is 11.9 Å². The number of anilines is 1. The van der Waals surface area contributed by atoms with Gasteiger partial charge in [-0.2, -0.15) is 0 Å². The number of hydrogen-bond acceptors (Lipinski definition) is 6. The summed E-state index contributed by atoms with van der Waals surface area (Å²) in [4.78, 5) is 40.6. The lowest BCUT2D eigenvalue weighted by Gasteiger charge is -2.21. The molecule has 2 amide bonds. The smallest absolute Gasteiger partial charge is 0.311 e. The molecule has 0 spiro atoms. The maximum Gasteiger partial charge on any atom is 0.311 e. The van der Waals surface area contributed by atoms with Crippen LogP contribution in [0.1, 0.15) is 36.8 Å². The van der Waals surface area contributed by atoms with E-state index in [4.69, 9.17) is 4.74 Å². The van der Waals surface area contributed by atoms with Crippen LogP contribution in [0, 0.1) is 11.7 Å². The third kappa shape index (κ3) is 6.12. The van der Waals surface area contributed by atoms with E-state index in [1.807, 2.05) is 0 Å². The van der Waals surface area contributed by atoms with Crippen LogP contribution in [0.5, 0.6) is 0 Å². The molecule has 0 radical (unpaired) electrons. The first-order valence-electron chi connectivity index (χ1n) is 8.77. The van der Waals surface area contributed by atoms with E-state index in [9.17, 15) is 18.8 Å². The zero-order valence-corrected chi connectivity index (χ0v) is 16.6. The first-order chi connectivity index (χ1) is 13.3. The number of amides is 2. The molecule has 0 aliphatic heterocycles. The quantitative estimate of drug-likeness (QED) is 0.656. The summed E-state index contributed by atoms with van der Waals surface area (Å²) >= 11 is 1.18. The van der Waals surface area contributed by atoms with Crippen molar-refractivity contribution in [3.63, 3.8) is 0 Å². The minimum Gasteiger partial charge on any atom is -0.466 e. The predicted octanol–water partition coefficient (Wildman–Crippen LogP) is 2.78. The molecule has 1 atom stereocenters. The number of ether oxygens (including phenoxy) is 1. The molecule has 1 heterocycles. The SMILES string of the molecule is CCOC(=O)Cc1csc(NC(=O)C(NC(=O)c2ccc(F)cc2)C(C)C)n1. The Balaban J connectivity index is 2.01. The fraction of sp³-hybridized carbons (Fsp3) is 0.368. The van der Waals surface area contributed by atoms with E-state index >= 15 is 0 Å². The summed E-state index contributed by atoms with van der Waals surface area (Å²) in [5, 5.41) is 7.30. The monoisotopic (exact) mass is 407 g/mol. The lowest BCUT2D eigenvalue weighted by Crippen LogP contribution is -2.47. The second kappa shape index (κ2) is 9.93. The normalized spacial score (nSPS) is 11.8. The Hall–Kier alpha value is -2.81. The lowest BCUT2D eigenvalue weighted by atomic mass is 10.0. The number of carbonyl (C=O) groups is 3. The number of aromatic nitrogens is 1. The van der Waals surface area contributed by atoms with Crippen LogP contribution in [0.25, 0.3) is 0 Å². The van der Waals surface area contributed by atoms with Gasteiger partial charge in [0.2, 0.25) is 5.91 Å². The van der Waals surface area contributed by atoms with E-state index in [0.717, 1.165) is 0 Å². The van der Waals surface area contributed by atoms with Gasteiger partial charge in [0.15, 0.2) is 5.13 Å². The molecule has 9 heteroatoms. The molecule has 0 aliphatic rings. The molecule has 150 valence electrons. The zero-order chi connectivity index (χ0) is 20.7. The Morgan fingerprint density at radius 3 is 2.50 bits per heavy atom. The lowest BCUT2D eigenvalue weighted by molar-refractivity contribution is -0.142. The van der Waals surface area contributed by atoms with Crippen LogP contribution >= 0.6 is 11.3 Å². The average molecular weight is 407 g/mol. The molecule has 0 saturated heterocycles. The molecule has 28 heavy (non-hydrogen) atoms. The maximum absolute atomic E-state index is 13.0. The van der Waals surface area contributed by atoms with Crippen LogP contribution in [0.15, 0.2) is 29.6 Å². The molecule has 1 unspecified atom stereocenters. The molecule has 2 rings (SSSR count). The van der Waals surface area contributed by atoms with Crippen LogP contribution in [0.3, 0.4) is 0 Å². The van der Waals surface area contributed by atoms with Gasteiger partial charge >= 0.3 is 5.97 Å². The van der Waals surface area contributed by atoms with Crippen molar-refractivity contribution in [1.82, 2.24) is 10.3 Å². The van der Waals surface area contributed by atoms with E-state index in [1.54, 1.807) is 26.2 Å². The van der Waals surface area contributed by atoms with Crippen molar-refractivity contribution in [2.24, 2.45) is 5.92 Å². The Morgan fingerprint density at radius 1 is 1.21 bits per heavy atom. The number of rotatable bonds is 8. The summed E-state index contributed by atoms with van der Waals surface area (Å²) in [5.41, 5.74) is 0.751. The van der Waals surface area contributed by atoms with E-state index in [1.165, 1.54) is 35.6 Å². The third-order valence-corrected chi connectivity index (χ3v) is 4.56. The topological polar surface area (TPSA) is 97.4 Å². The maximum atomic E-state index is 13.0. The Morgan fingerprint density at radius 2 is 1.89 bits per heavy atom. The first kappa shape index (κ1) is 21.5. The van der Waals surface area contributed by atoms with Gasteiger partial charge < -0.3 is 15.4 Å². The van der Waals surface area contributed by atoms with Crippen molar-refractivity contribution < 1.29 is 23.5 Å². The molecule has 7 nitrogen and oxygen atoms in total. The number of halogens is 1. The summed E-state index contributed by atoms with van der Waals surface area (Å²) in [6.07, 6.45) is 0.0229. The Bertz CT molecular complexity index is 836. The van der Waals surface area contributed by atoms with E-state index in [0.29, 0.717) is 10.8 Å². The highest BCUT2D eigenvalue weighted by Gasteiger charge is 2.25. The Labute approximate surface area is 166 Å². The number of thiazole rings is 1. The Kier molecular flexibility index (Phi) is 7.62. The number of esters is 1. The minimum absolute atomic E-state index is 0.0229. The highest BCUT2D eigenvalue weighted by Crippen LogP contribution is 2.17. The highest BCUT2D eigenvalue weighted by molar-refractivity contribution is 7.13. The van der Waals surface area contributed by atoms with Gasteiger partial charge in [0.25, 0.3) is 5.91 Å². The van der Waals surface area contributed by atoms with Gasteiger partial charge in [-0.25, -0.2) is 9.37 Å². The van der Waals surface area contributed by atoms with Gasteiger partial charge in [0.05, 0.1) is 18.7 Å². The first-order valence-corrected chi connectivity index (χ1v) is 9.65. The van der Waals surface area contributed by atoms with Crippen molar-refractivity contribution in [3.8, 4) is 0 Å². The number of benzene rings is 1. The zero-order valence-electron chi connectivity index (χ0n) is 15.8. The van der Waals surface area contributed by atoms with Crippen LogP contribution in [0.2, 0.25) is 0 Å². The molecule has 0 aliphatic carbocycles. The standard InChI is InChI=1S/C19H22FN3O4S/c1-4-27-15(24)9-14-10-28-19(21-14)23-18(26)16(11(2)3)22-17(25)12-5-7-13(20)8-6-12/h5-8,10-11,16H,4,9H2,1-3H3,(H,22,25)(H,21,23,26). The van der Waals surface area contributed by atoms with Gasteiger partial charge in [0.1, 0.15) is 11.9 Å². The second-order valence-corrected chi connectivity index (χ2v) is 7.18. The summed E-state index contributed by atoms with van der Waals surface area (Å²) in [6, 6.07) is 4.25. The van der Waals surface area contributed by atoms with Crippen molar-refractivity contribution in [3.05, 3.63) is 46.7 Å². The summed E-state index contributed by atoms with van der Waals surface area (Å²) in [5.74, 6) is -1.93. The second-order valence-electron chi connectivity index (χ2n) is 6.32. The molecule has 0 bridgehead atoms. The summed E-state index contributed by atoms with van der Waals surface area (Å²) in [7, 11) is 0. The minimum atomic E-state index is -0.810. The van der Waals surface area contributed by atoms with Gasteiger partial charge in [-0.15, -0.1) is 11.3 Å². The predicted molar refractivity (Wildman–Crippen MR) is 104 cm³/mol. The summed E-state index contributed by atoms with van der Waals surface area (Å²) in [6.45, 7) is 5.60.